The average Bonchev–Trinajstić information content (AvgIpc) is 2.29. The molecule has 0 saturated carbocycles. The summed E-state index contributed by atoms with van der Waals surface area (Å²) in [6.07, 6.45) is 1.26. The summed E-state index contributed by atoms with van der Waals surface area (Å²) in [6, 6.07) is 7.32. The summed E-state index contributed by atoms with van der Waals surface area (Å²) in [4.78, 5) is 11.8. The fraction of sp³-hybridized carbons (Fsp3) is 0.308. The van der Waals surface area contributed by atoms with E-state index in [1.807, 2.05) is 18.2 Å². The van der Waals surface area contributed by atoms with Crippen LogP contribution < -0.4 is 4.74 Å². The van der Waals surface area contributed by atoms with E-state index in [9.17, 15) is 9.90 Å². The molecule has 3 heteroatoms. The van der Waals surface area contributed by atoms with Crippen LogP contribution in [-0.2, 0) is 4.79 Å². The van der Waals surface area contributed by atoms with Crippen LogP contribution in [0.2, 0.25) is 0 Å². The number of ketones is 1. The highest BCUT2D eigenvalue weighted by Crippen LogP contribution is 2.41. The molecule has 0 spiro atoms. The summed E-state index contributed by atoms with van der Waals surface area (Å²) in [5, 5.41) is 10.2. The molecule has 3 nitrogen and oxygen atoms in total. The lowest BCUT2D eigenvalue weighted by molar-refractivity contribution is -0.117. The first-order valence-electron chi connectivity index (χ1n) is 5.48. The zero-order chi connectivity index (χ0) is 11.1. The predicted molar refractivity (Wildman–Crippen MR) is 57.9 cm³/mol. The maximum Gasteiger partial charge on any atom is 0.165 e. The number of allylic oxidation sites excluding steroid dienone is 1. The topological polar surface area (TPSA) is 46.5 Å². The lowest BCUT2D eigenvalue weighted by Crippen LogP contribution is -2.24. The van der Waals surface area contributed by atoms with E-state index in [1.54, 1.807) is 6.07 Å². The van der Waals surface area contributed by atoms with Crippen molar-refractivity contribution in [3.8, 4) is 5.75 Å². The summed E-state index contributed by atoms with van der Waals surface area (Å²) in [5.41, 5.74) is 1.15. The second kappa shape index (κ2) is 3.46. The number of aliphatic hydroxyl groups is 1. The van der Waals surface area contributed by atoms with Gasteiger partial charge in [0.25, 0.3) is 0 Å². The predicted octanol–water partition coefficient (Wildman–Crippen LogP) is 2.12. The molecule has 0 saturated heterocycles. The number of fused-ring (bicyclic) bond motifs is 1. The smallest absolute Gasteiger partial charge is 0.165 e. The van der Waals surface area contributed by atoms with Gasteiger partial charge in [0.05, 0.1) is 5.57 Å². The van der Waals surface area contributed by atoms with Crippen LogP contribution in [0.25, 0.3) is 0 Å². The van der Waals surface area contributed by atoms with E-state index in [4.69, 9.17) is 4.74 Å². The minimum atomic E-state index is -0.812. The monoisotopic (exact) mass is 216 g/mol. The van der Waals surface area contributed by atoms with Gasteiger partial charge in [-0.15, -0.1) is 0 Å². The second-order valence-corrected chi connectivity index (χ2v) is 4.16. The molecule has 1 aliphatic heterocycles. The second-order valence-electron chi connectivity index (χ2n) is 4.16. The molecule has 0 amide bonds. The standard InChI is InChI=1S/C13H12O3/c14-9-5-3-7-11-12(9)13(15)8-4-1-2-6-10(8)16-11/h1-2,4,6,13,15H,3,5,7H2. The molecule has 0 bridgehead atoms. The summed E-state index contributed by atoms with van der Waals surface area (Å²) < 4.78 is 5.68. The van der Waals surface area contributed by atoms with Crippen LogP contribution in [0.5, 0.6) is 5.75 Å². The molecule has 1 aliphatic carbocycles. The fourth-order valence-corrected chi connectivity index (χ4v) is 2.33. The molecule has 1 aromatic carbocycles. The van der Waals surface area contributed by atoms with Gasteiger partial charge in [-0.2, -0.15) is 0 Å². The number of aliphatic hydroxyl groups excluding tert-OH is 1. The van der Waals surface area contributed by atoms with Crippen molar-refractivity contribution in [2.24, 2.45) is 0 Å². The Kier molecular flexibility index (Phi) is 2.07. The van der Waals surface area contributed by atoms with Crippen molar-refractivity contribution in [3.05, 3.63) is 41.2 Å². The Hall–Kier alpha value is -1.61. The highest BCUT2D eigenvalue weighted by molar-refractivity contribution is 5.98. The largest absolute Gasteiger partial charge is 0.461 e. The first-order valence-corrected chi connectivity index (χ1v) is 5.48. The molecule has 1 aromatic rings. The summed E-state index contributed by atoms with van der Waals surface area (Å²) in [7, 11) is 0. The molecule has 0 fully saturated rings. The van der Waals surface area contributed by atoms with E-state index in [0.717, 1.165) is 12.8 Å². The number of para-hydroxylation sites is 1. The SMILES string of the molecule is O=C1CCCC2=C1C(O)c1ccccc1O2. The Morgan fingerprint density at radius 1 is 1.25 bits per heavy atom. The number of carbonyl (C=O) groups excluding carboxylic acids is 1. The summed E-state index contributed by atoms with van der Waals surface area (Å²) >= 11 is 0. The fourth-order valence-electron chi connectivity index (χ4n) is 2.33. The third-order valence-corrected chi connectivity index (χ3v) is 3.13. The molecule has 0 aromatic heterocycles. The third kappa shape index (κ3) is 1.28. The molecule has 0 radical (unpaired) electrons. The lowest BCUT2D eigenvalue weighted by Gasteiger charge is -2.29. The zero-order valence-electron chi connectivity index (χ0n) is 8.77. The van der Waals surface area contributed by atoms with E-state index < -0.39 is 6.10 Å². The van der Waals surface area contributed by atoms with Crippen LogP contribution in [0.3, 0.4) is 0 Å². The number of Topliss-reactive ketones (excluding diaryl/α,β-unsaturated/α-hetero) is 1. The number of ether oxygens (including phenoxy) is 1. The lowest BCUT2D eigenvalue weighted by atomic mass is 9.87. The van der Waals surface area contributed by atoms with Gasteiger partial charge in [-0.05, 0) is 12.5 Å². The van der Waals surface area contributed by atoms with Crippen molar-refractivity contribution in [2.75, 3.05) is 0 Å². The molecule has 1 atom stereocenters. The van der Waals surface area contributed by atoms with Gasteiger partial charge >= 0.3 is 0 Å². The molecular weight excluding hydrogens is 204 g/mol. The summed E-state index contributed by atoms with van der Waals surface area (Å²) in [6.45, 7) is 0. The highest BCUT2D eigenvalue weighted by Gasteiger charge is 2.34. The summed E-state index contributed by atoms with van der Waals surface area (Å²) in [5.74, 6) is 1.34. The molecule has 2 aliphatic rings. The highest BCUT2D eigenvalue weighted by atomic mass is 16.5. The molecule has 1 heterocycles. The number of rotatable bonds is 0. The van der Waals surface area contributed by atoms with Crippen LogP contribution in [0.1, 0.15) is 30.9 Å². The maximum atomic E-state index is 11.8. The third-order valence-electron chi connectivity index (χ3n) is 3.13. The molecule has 1 N–H and O–H groups in total. The van der Waals surface area contributed by atoms with Crippen LogP contribution in [0, 0.1) is 0 Å². The van der Waals surface area contributed by atoms with Crippen molar-refractivity contribution in [2.45, 2.75) is 25.4 Å². The Balaban J connectivity index is 2.12. The van der Waals surface area contributed by atoms with Crippen LogP contribution >= 0.6 is 0 Å². The first-order chi connectivity index (χ1) is 7.77. The van der Waals surface area contributed by atoms with Gasteiger partial charge in [0.1, 0.15) is 17.6 Å². The van der Waals surface area contributed by atoms with Crippen molar-refractivity contribution >= 4 is 5.78 Å². The Morgan fingerprint density at radius 3 is 2.94 bits per heavy atom. The molecule has 3 rings (SSSR count). The average molecular weight is 216 g/mol. The Labute approximate surface area is 93.4 Å². The first kappa shape index (κ1) is 9.60. The number of benzene rings is 1. The van der Waals surface area contributed by atoms with E-state index >= 15 is 0 Å². The van der Waals surface area contributed by atoms with E-state index in [0.29, 0.717) is 29.1 Å². The minimum Gasteiger partial charge on any atom is -0.461 e. The van der Waals surface area contributed by atoms with Crippen molar-refractivity contribution < 1.29 is 14.6 Å². The van der Waals surface area contributed by atoms with E-state index in [1.165, 1.54) is 0 Å². The van der Waals surface area contributed by atoms with Crippen molar-refractivity contribution in [3.63, 3.8) is 0 Å². The Bertz CT molecular complexity index is 488. The number of hydrogen-bond acceptors (Lipinski definition) is 3. The van der Waals surface area contributed by atoms with E-state index in [2.05, 4.69) is 0 Å². The zero-order valence-corrected chi connectivity index (χ0v) is 8.77. The van der Waals surface area contributed by atoms with Gasteiger partial charge in [-0.1, -0.05) is 18.2 Å². The quantitative estimate of drug-likeness (QED) is 0.722. The van der Waals surface area contributed by atoms with Crippen molar-refractivity contribution in [1.29, 1.82) is 0 Å². The maximum absolute atomic E-state index is 11.8. The van der Waals surface area contributed by atoms with Gasteiger partial charge in [0.2, 0.25) is 0 Å². The number of hydrogen-bond donors (Lipinski definition) is 1. The molecule has 1 unspecified atom stereocenters. The van der Waals surface area contributed by atoms with Crippen molar-refractivity contribution in [1.82, 2.24) is 0 Å². The van der Waals surface area contributed by atoms with Crippen LogP contribution in [0.4, 0.5) is 0 Å². The van der Waals surface area contributed by atoms with Gasteiger partial charge in [0, 0.05) is 18.4 Å². The number of carbonyl (C=O) groups is 1. The normalized spacial score (nSPS) is 23.6. The van der Waals surface area contributed by atoms with Gasteiger partial charge in [-0.3, -0.25) is 4.79 Å². The van der Waals surface area contributed by atoms with Gasteiger partial charge in [-0.25, -0.2) is 0 Å². The van der Waals surface area contributed by atoms with E-state index in [-0.39, 0.29) is 5.78 Å². The molecule has 82 valence electrons. The van der Waals surface area contributed by atoms with Crippen LogP contribution in [-0.4, -0.2) is 10.9 Å². The molecular formula is C13H12O3. The van der Waals surface area contributed by atoms with Gasteiger partial charge in [0.15, 0.2) is 5.78 Å². The molecule has 16 heavy (non-hydrogen) atoms. The minimum absolute atomic E-state index is 0.0169. The van der Waals surface area contributed by atoms with Gasteiger partial charge < -0.3 is 9.84 Å². The van der Waals surface area contributed by atoms with Crippen LogP contribution in [0.15, 0.2) is 35.6 Å². The Morgan fingerprint density at radius 2 is 2.06 bits per heavy atom.